The Hall–Kier alpha value is -12.6. The minimum atomic E-state index is -1.89. The van der Waals surface area contributed by atoms with Gasteiger partial charge in [-0.15, -0.1) is 11.8 Å². The molecule has 40 nitrogen and oxygen atoms in total. The van der Waals surface area contributed by atoms with E-state index in [1.807, 2.05) is 0 Å². The fourth-order valence-corrected chi connectivity index (χ4v) is 13.3. The summed E-state index contributed by atoms with van der Waals surface area (Å²) in [6, 6.07) is 4.91. The number of H-pyrrole nitrogens is 2. The first-order valence-corrected chi connectivity index (χ1v) is 38.6. The number of primary amides is 2. The zero-order valence-corrected chi connectivity index (χ0v) is 65.2. The predicted octanol–water partition coefficient (Wildman–Crippen LogP) is -5.28. The van der Waals surface area contributed by atoms with Crippen LogP contribution >= 0.6 is 11.8 Å². The van der Waals surface area contributed by atoms with Gasteiger partial charge in [-0.05, 0) is 79.2 Å². The van der Waals surface area contributed by atoms with Crippen molar-refractivity contribution in [1.29, 1.82) is 16.2 Å². The molecule has 31 N–H and O–H groups in total. The van der Waals surface area contributed by atoms with Crippen LogP contribution in [0.4, 0.5) is 0 Å². The SMILES string of the molecule is CC[C@H](C)[C@@H]1NC(=O)[C@H](Cc2ccccc2)NC(=O)CSC[C@@H](C(N)=O)NC(=O)[C@H](CCCNC(=N)N)NC(=O)[C@H](Cc2c[nH]c3ccccc23)NC(=O)[C@H](CCCNC(=N)N)NC(=O)[C@H](C(C)C)NC(=O)[C@H](Cc2c[nH]c3ccccc23)NC(=O)[C@H](CC(N)=O)NC(=O)[C@H](CCCNC(=N)N)NC(=O)CNC(=O)[C@H](CO)NC1=O. The summed E-state index contributed by atoms with van der Waals surface area (Å²) < 4.78 is 0. The van der Waals surface area contributed by atoms with Gasteiger partial charge < -0.3 is 123 Å². The number of guanidine groups is 3. The number of hydrogen-bond donors (Lipinski definition) is 26. The number of amides is 14. The first-order chi connectivity index (χ1) is 54.7. The average Bonchev–Trinajstić information content (AvgIpc) is 1.69. The predicted molar refractivity (Wildman–Crippen MR) is 428 cm³/mol. The molecular weight excluding hydrogens is 1510 g/mol. The lowest BCUT2D eigenvalue weighted by atomic mass is 9.96. The van der Waals surface area contributed by atoms with Gasteiger partial charge in [0.15, 0.2) is 17.9 Å². The third-order valence-electron chi connectivity index (χ3n) is 18.8. The molecule has 0 bridgehead atoms. The lowest BCUT2D eigenvalue weighted by Crippen LogP contribution is -2.61. The average molecular weight is 1620 g/mol. The van der Waals surface area contributed by atoms with Gasteiger partial charge in [0.05, 0.1) is 25.3 Å². The van der Waals surface area contributed by atoms with Crippen LogP contribution in [0, 0.1) is 28.1 Å². The van der Waals surface area contributed by atoms with Crippen molar-refractivity contribution < 1.29 is 72.2 Å². The van der Waals surface area contributed by atoms with Crippen LogP contribution in [0.15, 0.2) is 91.3 Å². The minimum Gasteiger partial charge on any atom is -0.394 e. The summed E-state index contributed by atoms with van der Waals surface area (Å²) in [7, 11) is 0. The van der Waals surface area contributed by atoms with E-state index in [0.29, 0.717) is 38.5 Å². The molecule has 0 radical (unpaired) electrons. The van der Waals surface area contributed by atoms with Gasteiger partial charge in [0.2, 0.25) is 82.7 Å². The number of aliphatic hydroxyl groups is 1. The number of thioether (sulfide) groups is 1. The molecule has 1 saturated heterocycles. The highest BCUT2D eigenvalue weighted by atomic mass is 32.2. The number of carbonyl (C=O) groups excluding carboxylic acids is 14. The zero-order chi connectivity index (χ0) is 84.4. The summed E-state index contributed by atoms with van der Waals surface area (Å²) in [4.78, 5) is 207. The number of aromatic nitrogens is 2. The van der Waals surface area contributed by atoms with E-state index in [0.717, 1.165) is 11.8 Å². The minimum absolute atomic E-state index is 0.00658. The van der Waals surface area contributed by atoms with E-state index >= 15 is 19.2 Å². The molecule has 0 spiro atoms. The Balaban J connectivity index is 1.44. The van der Waals surface area contributed by atoms with Crippen molar-refractivity contribution in [2.24, 2.45) is 40.5 Å². The van der Waals surface area contributed by atoms with E-state index in [2.05, 4.69) is 89.7 Å². The second kappa shape index (κ2) is 45.8. The van der Waals surface area contributed by atoms with E-state index in [-0.39, 0.29) is 89.6 Å². The highest BCUT2D eigenvalue weighted by Crippen LogP contribution is 2.23. The summed E-state index contributed by atoms with van der Waals surface area (Å²) >= 11 is 0.820. The number of aliphatic hydroxyl groups excluding tert-OH is 1. The molecule has 624 valence electrons. The molecule has 0 aliphatic carbocycles. The Morgan fingerprint density at radius 1 is 0.470 bits per heavy atom. The quantitative estimate of drug-likeness (QED) is 0.0147. The van der Waals surface area contributed by atoms with E-state index in [1.165, 1.54) is 0 Å². The molecule has 6 rings (SSSR count). The molecule has 3 aromatic carbocycles. The third-order valence-corrected chi connectivity index (χ3v) is 19.8. The van der Waals surface area contributed by atoms with Crippen molar-refractivity contribution in [2.75, 3.05) is 44.3 Å². The molecule has 12 atom stereocenters. The normalized spacial score (nSPS) is 22.6. The van der Waals surface area contributed by atoms with Crippen molar-refractivity contribution in [1.82, 2.24) is 89.7 Å². The smallest absolute Gasteiger partial charge is 0.245 e. The molecule has 3 heterocycles. The molecule has 1 fully saturated rings. The Kier molecular flexibility index (Phi) is 36.4. The number of rotatable bonds is 25. The monoisotopic (exact) mass is 1620 g/mol. The van der Waals surface area contributed by atoms with Crippen LogP contribution in [-0.4, -0.2) is 226 Å². The molecule has 1 aliphatic heterocycles. The van der Waals surface area contributed by atoms with Crippen LogP contribution in [0.5, 0.6) is 0 Å². The van der Waals surface area contributed by atoms with Crippen molar-refractivity contribution >= 4 is 134 Å². The van der Waals surface area contributed by atoms with Crippen molar-refractivity contribution in [3.8, 4) is 0 Å². The van der Waals surface area contributed by atoms with E-state index in [1.54, 1.807) is 119 Å². The molecular formula is C74H107N25O15S. The topological polar surface area (TPSA) is 673 Å². The summed E-state index contributed by atoms with van der Waals surface area (Å²) in [5, 5.41) is 73.7. The maximum atomic E-state index is 15.2. The van der Waals surface area contributed by atoms with Gasteiger partial charge in [0, 0.05) is 78.8 Å². The van der Waals surface area contributed by atoms with Crippen molar-refractivity contribution in [3.05, 3.63) is 108 Å². The molecule has 2 aromatic heterocycles. The number of fused-ring (bicyclic) bond motifs is 2. The van der Waals surface area contributed by atoms with Gasteiger partial charge in [0.25, 0.3) is 0 Å². The maximum Gasteiger partial charge on any atom is 0.245 e. The molecule has 1 aliphatic rings. The maximum absolute atomic E-state index is 15.2. The Bertz CT molecular complexity index is 4270. The van der Waals surface area contributed by atoms with Gasteiger partial charge in [-0.1, -0.05) is 101 Å². The Morgan fingerprint density at radius 3 is 1.35 bits per heavy atom. The summed E-state index contributed by atoms with van der Waals surface area (Å²) in [5.74, 6) is -17.6. The highest BCUT2D eigenvalue weighted by Gasteiger charge is 2.39. The van der Waals surface area contributed by atoms with Crippen LogP contribution in [0.2, 0.25) is 0 Å². The van der Waals surface area contributed by atoms with Crippen LogP contribution in [0.25, 0.3) is 21.8 Å². The third kappa shape index (κ3) is 29.8. The number of nitrogens with one attached hydrogen (secondary N) is 20. The lowest BCUT2D eigenvalue weighted by molar-refractivity contribution is -0.137. The van der Waals surface area contributed by atoms with Crippen molar-refractivity contribution in [2.45, 2.75) is 165 Å². The first-order valence-electron chi connectivity index (χ1n) is 37.5. The van der Waals surface area contributed by atoms with Gasteiger partial charge in [-0.2, -0.15) is 0 Å². The number of nitrogens with two attached hydrogens (primary N) is 5. The summed E-state index contributed by atoms with van der Waals surface area (Å²) in [5.41, 5.74) is 31.1. The zero-order valence-electron chi connectivity index (χ0n) is 64.4. The van der Waals surface area contributed by atoms with Gasteiger partial charge in [-0.25, -0.2) is 0 Å². The Labute approximate surface area is 666 Å². The molecule has 14 amide bonds. The van der Waals surface area contributed by atoms with E-state index < -0.39 is 204 Å². The lowest BCUT2D eigenvalue weighted by Gasteiger charge is -2.29. The van der Waals surface area contributed by atoms with Crippen LogP contribution < -0.4 is 108 Å². The second-order valence-electron chi connectivity index (χ2n) is 28.0. The first kappa shape index (κ1) is 91.3. The fraction of sp³-hybridized carbons (Fsp3) is 0.473. The number of para-hydroxylation sites is 2. The van der Waals surface area contributed by atoms with Gasteiger partial charge >= 0.3 is 0 Å². The Morgan fingerprint density at radius 2 is 0.870 bits per heavy atom. The molecule has 0 saturated carbocycles. The highest BCUT2D eigenvalue weighted by molar-refractivity contribution is 8.00. The molecule has 41 heteroatoms. The van der Waals surface area contributed by atoms with Gasteiger partial charge in [-0.3, -0.25) is 83.4 Å². The number of aromatic amines is 2. The standard InChI is InChI=1S/C74H107N25O15S/c1-5-39(4)60-71(114)96-54(35-100)62(105)88-34-57(102)89-47(22-13-25-83-72(77)78)63(106)95-53(31-56(75)101)67(110)94-52(30-42-33-87-46-21-12-10-19-44(42)46)69(112)98-59(38(2)3)70(113)92-49(24-15-27-85-74(81)82)64(107)93-51(29-41-32-86-45-20-11-9-18-43(41)45)66(109)91-48(23-14-26-84-73(79)80)65(108)97-55(61(76)104)36-115-37-58(103)90-50(68(111)99-60)28-40-16-7-6-8-17-40/h6-12,16-21,32-33,38-39,47-55,59-60,86-87,100H,5,13-15,22-31,34-37H2,1-4H3,(H2,75,101)(H2,76,104)(H,88,105)(H,89,102)(H,90,103)(H,91,109)(H,92,113)(H,93,107)(H,94,110)(H,95,106)(H,96,114)(H,97,108)(H,98,112)(H,99,111)(H4,77,78,83)(H4,79,80,84)(H4,81,82,85)/t39-,47-,48-,49-,50-,51-,52-,53-,54-,55-,59-,60-/m0/s1. The largest absolute Gasteiger partial charge is 0.394 e. The summed E-state index contributed by atoms with van der Waals surface area (Å²) in [6.07, 6.45) is 1.26. The van der Waals surface area contributed by atoms with Crippen LogP contribution in [-0.2, 0) is 86.4 Å². The van der Waals surface area contributed by atoms with E-state index in [4.69, 9.17) is 44.9 Å². The van der Waals surface area contributed by atoms with Crippen LogP contribution in [0.1, 0.15) is 95.8 Å². The number of carbonyl (C=O) groups is 14. The fourth-order valence-electron chi connectivity index (χ4n) is 12.4. The molecule has 115 heavy (non-hydrogen) atoms. The van der Waals surface area contributed by atoms with Gasteiger partial charge in [0.1, 0.15) is 66.5 Å². The van der Waals surface area contributed by atoms with E-state index in [9.17, 15) is 53.1 Å². The number of benzene rings is 3. The molecule has 5 aromatic rings. The summed E-state index contributed by atoms with van der Waals surface area (Å²) in [6.45, 7) is 4.46. The second-order valence-corrected chi connectivity index (χ2v) is 29.1. The molecule has 0 unspecified atom stereocenters. The number of hydrogen-bond acceptors (Lipinski definition) is 19. The van der Waals surface area contributed by atoms with Crippen LogP contribution in [0.3, 0.4) is 0 Å². The van der Waals surface area contributed by atoms with Crippen molar-refractivity contribution in [3.63, 3.8) is 0 Å².